The number of allylic oxidation sites excluding steroid dienone is 4. The molecule has 92 valence electrons. The minimum absolute atomic E-state index is 0.127. The minimum Gasteiger partial charge on any atom is -0.507 e. The Morgan fingerprint density at radius 2 is 2.00 bits per heavy atom. The van der Waals surface area contributed by atoms with Gasteiger partial charge in [-0.1, -0.05) is 23.8 Å². The number of rotatable bonds is 2. The van der Waals surface area contributed by atoms with Crippen molar-refractivity contribution in [3.8, 4) is 5.75 Å². The Morgan fingerprint density at radius 3 is 2.67 bits per heavy atom. The second-order valence-electron chi connectivity index (χ2n) is 4.55. The Morgan fingerprint density at radius 1 is 1.28 bits per heavy atom. The molecule has 0 fully saturated rings. The topological polar surface area (TPSA) is 54.4 Å². The zero-order chi connectivity index (χ0) is 13.3. The summed E-state index contributed by atoms with van der Waals surface area (Å²) in [5.74, 6) is -0.619. The van der Waals surface area contributed by atoms with Crippen LogP contribution in [0.15, 0.2) is 41.5 Å². The number of phenols is 1. The molecular formula is C15H14O3. The molecule has 0 heterocycles. The minimum atomic E-state index is -0.264. The molecule has 3 heteroatoms. The van der Waals surface area contributed by atoms with Crippen molar-refractivity contribution in [3.63, 3.8) is 0 Å². The van der Waals surface area contributed by atoms with Gasteiger partial charge in [0, 0.05) is 11.1 Å². The molecule has 1 aliphatic carbocycles. The van der Waals surface area contributed by atoms with Gasteiger partial charge in [-0.05, 0) is 32.4 Å². The number of hydrogen-bond acceptors (Lipinski definition) is 3. The van der Waals surface area contributed by atoms with Crippen LogP contribution < -0.4 is 0 Å². The Hall–Kier alpha value is -2.16. The molecule has 0 amide bonds. The molecule has 1 N–H and O–H groups in total. The van der Waals surface area contributed by atoms with E-state index in [1.165, 1.54) is 12.1 Å². The molecule has 0 saturated heterocycles. The average molecular weight is 242 g/mol. The Kier molecular flexibility index (Phi) is 3.15. The van der Waals surface area contributed by atoms with Crippen molar-refractivity contribution in [3.05, 3.63) is 52.6 Å². The van der Waals surface area contributed by atoms with Crippen molar-refractivity contribution in [1.29, 1.82) is 0 Å². The molecule has 0 aliphatic heterocycles. The number of aromatic hydroxyl groups is 1. The summed E-state index contributed by atoms with van der Waals surface area (Å²) in [6.45, 7) is 3.86. The maximum absolute atomic E-state index is 12.2. The lowest BCUT2D eigenvalue weighted by Crippen LogP contribution is -2.16. The maximum Gasteiger partial charge on any atom is 0.193 e. The molecule has 0 spiro atoms. The molecule has 0 atom stereocenters. The first kappa shape index (κ1) is 12.3. The van der Waals surface area contributed by atoms with Crippen LogP contribution in [-0.4, -0.2) is 16.7 Å². The number of ketones is 2. The third-order valence-electron chi connectivity index (χ3n) is 2.86. The van der Waals surface area contributed by atoms with Crippen LogP contribution in [0.1, 0.15) is 41.0 Å². The van der Waals surface area contributed by atoms with Crippen LogP contribution in [0.5, 0.6) is 5.75 Å². The summed E-state index contributed by atoms with van der Waals surface area (Å²) in [7, 11) is 0. The van der Waals surface area contributed by atoms with Gasteiger partial charge in [-0.3, -0.25) is 9.59 Å². The predicted molar refractivity (Wildman–Crippen MR) is 68.9 cm³/mol. The summed E-state index contributed by atoms with van der Waals surface area (Å²) in [5.41, 5.74) is 1.91. The molecule has 1 aromatic rings. The van der Waals surface area contributed by atoms with Crippen molar-refractivity contribution in [2.75, 3.05) is 0 Å². The second-order valence-corrected chi connectivity index (χ2v) is 4.55. The molecule has 0 aromatic heterocycles. The lowest BCUT2D eigenvalue weighted by Gasteiger charge is -2.15. The first-order valence-corrected chi connectivity index (χ1v) is 5.75. The summed E-state index contributed by atoms with van der Waals surface area (Å²) < 4.78 is 0. The molecule has 0 radical (unpaired) electrons. The lowest BCUT2D eigenvalue weighted by atomic mass is 9.87. The van der Waals surface area contributed by atoms with Gasteiger partial charge < -0.3 is 5.11 Å². The number of phenolic OH excluding ortho intramolecular Hbond substituents is 1. The largest absolute Gasteiger partial charge is 0.507 e. The number of benzene rings is 1. The number of hydrogen-bond donors (Lipinski definition) is 1. The summed E-state index contributed by atoms with van der Waals surface area (Å²) in [6.07, 6.45) is 3.67. The van der Waals surface area contributed by atoms with Crippen LogP contribution in [0.4, 0.5) is 0 Å². The molecular weight excluding hydrogens is 228 g/mol. The smallest absolute Gasteiger partial charge is 0.193 e. The van der Waals surface area contributed by atoms with Gasteiger partial charge in [-0.15, -0.1) is 0 Å². The van der Waals surface area contributed by atoms with E-state index in [1.807, 2.05) is 19.9 Å². The Bertz CT molecular complexity index is 588. The number of carbonyl (C=O) groups is 2. The normalized spacial score (nSPS) is 14.0. The van der Waals surface area contributed by atoms with Gasteiger partial charge >= 0.3 is 0 Å². The highest BCUT2D eigenvalue weighted by molar-refractivity contribution is 6.25. The monoisotopic (exact) mass is 242 g/mol. The highest BCUT2D eigenvalue weighted by Gasteiger charge is 2.27. The van der Waals surface area contributed by atoms with Crippen molar-refractivity contribution >= 4 is 11.6 Å². The summed E-state index contributed by atoms with van der Waals surface area (Å²) >= 11 is 0. The van der Waals surface area contributed by atoms with Crippen molar-refractivity contribution in [1.82, 2.24) is 0 Å². The zero-order valence-electron chi connectivity index (χ0n) is 10.4. The first-order valence-electron chi connectivity index (χ1n) is 5.75. The van der Waals surface area contributed by atoms with Gasteiger partial charge in [0.15, 0.2) is 11.6 Å². The third kappa shape index (κ3) is 2.12. The van der Waals surface area contributed by atoms with Gasteiger partial charge in [-0.2, -0.15) is 0 Å². The summed E-state index contributed by atoms with van der Waals surface area (Å²) in [4.78, 5) is 24.1. The fourth-order valence-corrected chi connectivity index (χ4v) is 1.91. The van der Waals surface area contributed by atoms with E-state index in [0.29, 0.717) is 12.0 Å². The van der Waals surface area contributed by atoms with Crippen LogP contribution in [0.3, 0.4) is 0 Å². The lowest BCUT2D eigenvalue weighted by molar-refractivity contribution is 0.0980. The van der Waals surface area contributed by atoms with Gasteiger partial charge in [0.25, 0.3) is 0 Å². The van der Waals surface area contributed by atoms with Crippen LogP contribution in [0.2, 0.25) is 0 Å². The quantitative estimate of drug-likeness (QED) is 0.811. The predicted octanol–water partition coefficient (Wildman–Crippen LogP) is 3.05. The average Bonchev–Trinajstić information content (AvgIpc) is 2.31. The fraction of sp³-hybridized carbons (Fsp3) is 0.200. The highest BCUT2D eigenvalue weighted by atomic mass is 16.3. The van der Waals surface area contributed by atoms with E-state index in [2.05, 4.69) is 0 Å². The molecule has 0 saturated carbocycles. The van der Waals surface area contributed by atoms with E-state index < -0.39 is 0 Å². The molecule has 1 aromatic carbocycles. The van der Waals surface area contributed by atoms with Crippen molar-refractivity contribution in [2.24, 2.45) is 0 Å². The molecule has 0 bridgehead atoms. The molecule has 1 aliphatic rings. The molecule has 2 rings (SSSR count). The number of fused-ring (bicyclic) bond motifs is 1. The maximum atomic E-state index is 12.2. The van der Waals surface area contributed by atoms with E-state index in [4.69, 9.17) is 0 Å². The molecule has 0 unspecified atom stereocenters. The fourth-order valence-electron chi connectivity index (χ4n) is 1.91. The molecule has 18 heavy (non-hydrogen) atoms. The SMILES string of the molecule is CC(C)=CCC1=CC(=O)c2cccc(O)c2C1=O. The van der Waals surface area contributed by atoms with Crippen molar-refractivity contribution < 1.29 is 14.7 Å². The first-order chi connectivity index (χ1) is 8.50. The van der Waals surface area contributed by atoms with Crippen LogP contribution in [0.25, 0.3) is 0 Å². The van der Waals surface area contributed by atoms with Gasteiger partial charge in [-0.25, -0.2) is 0 Å². The van der Waals surface area contributed by atoms with Gasteiger partial charge in [0.1, 0.15) is 5.75 Å². The third-order valence-corrected chi connectivity index (χ3v) is 2.86. The van der Waals surface area contributed by atoms with E-state index in [1.54, 1.807) is 12.1 Å². The zero-order valence-corrected chi connectivity index (χ0v) is 10.4. The Labute approximate surface area is 105 Å². The van der Waals surface area contributed by atoms with E-state index in [-0.39, 0.29) is 28.4 Å². The van der Waals surface area contributed by atoms with Gasteiger partial charge in [0.05, 0.1) is 5.56 Å². The van der Waals surface area contributed by atoms with E-state index >= 15 is 0 Å². The van der Waals surface area contributed by atoms with Crippen LogP contribution in [0, 0.1) is 0 Å². The van der Waals surface area contributed by atoms with Gasteiger partial charge in [0.2, 0.25) is 0 Å². The van der Waals surface area contributed by atoms with E-state index in [9.17, 15) is 14.7 Å². The van der Waals surface area contributed by atoms with Crippen molar-refractivity contribution in [2.45, 2.75) is 20.3 Å². The Balaban J connectivity index is 2.46. The second kappa shape index (κ2) is 4.61. The van der Waals surface area contributed by atoms with Crippen LogP contribution in [-0.2, 0) is 0 Å². The standard InChI is InChI=1S/C15H14O3/c1-9(2)6-7-10-8-13(17)11-4-3-5-12(16)14(11)15(10)18/h3-6,8,16H,7H2,1-2H3. The number of carbonyl (C=O) groups excluding carboxylic acids is 2. The number of Topliss-reactive ketones (excluding diaryl/α,β-unsaturated/α-hetero) is 1. The van der Waals surface area contributed by atoms with Crippen LogP contribution >= 0.6 is 0 Å². The summed E-state index contributed by atoms with van der Waals surface area (Å²) in [6, 6.07) is 4.55. The highest BCUT2D eigenvalue weighted by Crippen LogP contribution is 2.29. The molecule has 3 nitrogen and oxygen atoms in total. The van der Waals surface area contributed by atoms with E-state index in [0.717, 1.165) is 5.57 Å². The summed E-state index contributed by atoms with van der Waals surface area (Å²) in [5, 5.41) is 9.72.